The van der Waals surface area contributed by atoms with Gasteiger partial charge in [0, 0.05) is 25.1 Å². The van der Waals surface area contributed by atoms with Crippen molar-refractivity contribution < 1.29 is 14.7 Å². The second kappa shape index (κ2) is 6.28. The lowest BCUT2D eigenvalue weighted by Gasteiger charge is -2.09. The molecular formula is C13H12N4O3. The zero-order chi connectivity index (χ0) is 14.4. The normalized spacial score (nSPS) is 9.80. The summed E-state index contributed by atoms with van der Waals surface area (Å²) in [6.07, 6.45) is 4.60. The number of urea groups is 1. The van der Waals surface area contributed by atoms with Crippen LogP contribution in [-0.2, 0) is 6.54 Å². The van der Waals surface area contributed by atoms with Gasteiger partial charge in [-0.2, -0.15) is 0 Å². The Hall–Kier alpha value is -2.96. The minimum absolute atomic E-state index is 0.146. The number of rotatable bonds is 4. The summed E-state index contributed by atoms with van der Waals surface area (Å²) >= 11 is 0. The Kier molecular flexibility index (Phi) is 4.23. The molecule has 0 radical (unpaired) electrons. The summed E-state index contributed by atoms with van der Waals surface area (Å²) < 4.78 is 0. The molecule has 0 aromatic carbocycles. The van der Waals surface area contributed by atoms with Gasteiger partial charge in [0.1, 0.15) is 0 Å². The van der Waals surface area contributed by atoms with Crippen LogP contribution in [0, 0.1) is 0 Å². The van der Waals surface area contributed by atoms with Gasteiger partial charge in [-0.05, 0) is 29.8 Å². The van der Waals surface area contributed by atoms with Crippen molar-refractivity contribution in [3.8, 4) is 0 Å². The van der Waals surface area contributed by atoms with Crippen LogP contribution in [0.1, 0.15) is 16.1 Å². The maximum Gasteiger partial charge on any atom is 0.356 e. The van der Waals surface area contributed by atoms with E-state index in [1.54, 1.807) is 30.6 Å². The smallest absolute Gasteiger partial charge is 0.356 e. The Morgan fingerprint density at radius 2 is 1.90 bits per heavy atom. The van der Waals surface area contributed by atoms with Crippen molar-refractivity contribution in [1.29, 1.82) is 0 Å². The minimum Gasteiger partial charge on any atom is -0.476 e. The van der Waals surface area contributed by atoms with Crippen molar-refractivity contribution in [3.63, 3.8) is 0 Å². The fraction of sp³-hybridized carbons (Fsp3) is 0.0769. The minimum atomic E-state index is -1.20. The molecule has 102 valence electrons. The van der Waals surface area contributed by atoms with Gasteiger partial charge in [-0.1, -0.05) is 0 Å². The molecule has 3 N–H and O–H groups in total. The SMILES string of the molecule is O=C(NCc1ccncc1)Nc1cccnc1C(=O)O. The largest absolute Gasteiger partial charge is 0.476 e. The van der Waals surface area contributed by atoms with Gasteiger partial charge in [-0.25, -0.2) is 14.6 Å². The fourth-order valence-electron chi connectivity index (χ4n) is 1.53. The third-order valence-corrected chi connectivity index (χ3v) is 2.46. The lowest BCUT2D eigenvalue weighted by Crippen LogP contribution is -2.29. The molecule has 0 saturated carbocycles. The first-order chi connectivity index (χ1) is 9.66. The Morgan fingerprint density at radius 1 is 1.15 bits per heavy atom. The van der Waals surface area contributed by atoms with E-state index in [-0.39, 0.29) is 11.4 Å². The van der Waals surface area contributed by atoms with Crippen molar-refractivity contribution in [2.24, 2.45) is 0 Å². The maximum absolute atomic E-state index is 11.7. The number of pyridine rings is 2. The Bertz CT molecular complexity index is 616. The molecule has 7 nitrogen and oxygen atoms in total. The molecule has 0 unspecified atom stereocenters. The number of carboxylic acid groups (broad SMARTS) is 1. The molecular weight excluding hydrogens is 260 g/mol. The predicted octanol–water partition coefficient (Wildman–Crippen LogP) is 1.50. The van der Waals surface area contributed by atoms with Crippen LogP contribution in [-0.4, -0.2) is 27.1 Å². The van der Waals surface area contributed by atoms with Gasteiger partial charge >= 0.3 is 12.0 Å². The summed E-state index contributed by atoms with van der Waals surface area (Å²) in [6.45, 7) is 0.316. The number of carbonyl (C=O) groups is 2. The first kappa shape index (κ1) is 13.5. The number of carboxylic acids is 1. The van der Waals surface area contributed by atoms with Gasteiger partial charge in [-0.15, -0.1) is 0 Å². The maximum atomic E-state index is 11.7. The highest BCUT2D eigenvalue weighted by molar-refractivity contribution is 5.98. The zero-order valence-corrected chi connectivity index (χ0v) is 10.4. The number of hydrogen-bond acceptors (Lipinski definition) is 4. The molecule has 0 aliphatic heterocycles. The molecule has 0 spiro atoms. The van der Waals surface area contributed by atoms with Crippen LogP contribution in [0.15, 0.2) is 42.9 Å². The van der Waals surface area contributed by atoms with Crippen LogP contribution in [0.2, 0.25) is 0 Å². The first-order valence-corrected chi connectivity index (χ1v) is 5.79. The third-order valence-electron chi connectivity index (χ3n) is 2.46. The monoisotopic (exact) mass is 272 g/mol. The lowest BCUT2D eigenvalue weighted by atomic mass is 10.3. The van der Waals surface area contributed by atoms with Crippen molar-refractivity contribution in [2.45, 2.75) is 6.54 Å². The van der Waals surface area contributed by atoms with Crippen molar-refractivity contribution >= 4 is 17.7 Å². The summed E-state index contributed by atoms with van der Waals surface area (Å²) in [5, 5.41) is 14.0. The van der Waals surface area contributed by atoms with Crippen LogP contribution in [0.4, 0.5) is 10.5 Å². The summed E-state index contributed by atoms with van der Waals surface area (Å²) in [5.74, 6) is -1.20. The molecule has 2 aromatic heterocycles. The quantitative estimate of drug-likeness (QED) is 0.782. The molecule has 2 rings (SSSR count). The Labute approximate surface area is 114 Å². The highest BCUT2D eigenvalue weighted by Crippen LogP contribution is 2.11. The molecule has 2 heterocycles. The first-order valence-electron chi connectivity index (χ1n) is 5.79. The van der Waals surface area contributed by atoms with Crippen molar-refractivity contribution in [3.05, 3.63) is 54.1 Å². The molecule has 20 heavy (non-hydrogen) atoms. The molecule has 0 aliphatic carbocycles. The molecule has 2 aromatic rings. The predicted molar refractivity (Wildman–Crippen MR) is 71.3 cm³/mol. The van der Waals surface area contributed by atoms with E-state index in [0.717, 1.165) is 5.56 Å². The van der Waals surface area contributed by atoms with Gasteiger partial charge in [0.15, 0.2) is 5.69 Å². The number of carbonyl (C=O) groups excluding carboxylic acids is 1. The van der Waals surface area contributed by atoms with Gasteiger partial charge in [-0.3, -0.25) is 4.98 Å². The highest BCUT2D eigenvalue weighted by Gasteiger charge is 2.12. The summed E-state index contributed by atoms with van der Waals surface area (Å²) in [5.41, 5.74) is 0.832. The summed E-state index contributed by atoms with van der Waals surface area (Å²) in [7, 11) is 0. The number of hydrogen-bond donors (Lipinski definition) is 3. The summed E-state index contributed by atoms with van der Waals surface area (Å²) in [6, 6.07) is 6.06. The number of nitrogens with zero attached hydrogens (tertiary/aromatic N) is 2. The van der Waals surface area contributed by atoms with Gasteiger partial charge in [0.25, 0.3) is 0 Å². The van der Waals surface area contributed by atoms with E-state index in [9.17, 15) is 9.59 Å². The molecule has 0 atom stereocenters. The van der Waals surface area contributed by atoms with E-state index in [1.807, 2.05) is 0 Å². The van der Waals surface area contributed by atoms with Crippen LogP contribution in [0.3, 0.4) is 0 Å². The van der Waals surface area contributed by atoms with E-state index in [1.165, 1.54) is 12.3 Å². The number of aromatic carboxylic acids is 1. The third kappa shape index (κ3) is 3.52. The fourth-order valence-corrected chi connectivity index (χ4v) is 1.53. The topological polar surface area (TPSA) is 104 Å². The van der Waals surface area contributed by atoms with E-state index in [0.29, 0.717) is 6.54 Å². The number of aromatic nitrogens is 2. The standard InChI is InChI=1S/C13H12N4O3/c18-12(19)11-10(2-1-5-15-11)17-13(20)16-8-9-3-6-14-7-4-9/h1-7H,8H2,(H,18,19)(H2,16,17,20). The average molecular weight is 272 g/mol. The molecule has 2 amide bonds. The van der Waals surface area contributed by atoms with Crippen molar-refractivity contribution in [1.82, 2.24) is 15.3 Å². The Morgan fingerprint density at radius 3 is 2.60 bits per heavy atom. The van der Waals surface area contributed by atoms with Gasteiger partial charge in [0.2, 0.25) is 0 Å². The second-order valence-electron chi connectivity index (χ2n) is 3.87. The van der Waals surface area contributed by atoms with E-state index >= 15 is 0 Å². The molecule has 0 bridgehead atoms. The summed E-state index contributed by atoms with van der Waals surface area (Å²) in [4.78, 5) is 30.2. The van der Waals surface area contributed by atoms with Crippen LogP contribution in [0.25, 0.3) is 0 Å². The van der Waals surface area contributed by atoms with Gasteiger partial charge < -0.3 is 15.7 Å². The Balaban J connectivity index is 1.97. The van der Waals surface area contributed by atoms with Crippen LogP contribution < -0.4 is 10.6 Å². The van der Waals surface area contributed by atoms with Crippen molar-refractivity contribution in [2.75, 3.05) is 5.32 Å². The number of nitrogens with one attached hydrogen (secondary N) is 2. The van der Waals surface area contributed by atoms with E-state index in [2.05, 4.69) is 20.6 Å². The molecule has 0 fully saturated rings. The van der Waals surface area contributed by atoms with Gasteiger partial charge in [0.05, 0.1) is 5.69 Å². The van der Waals surface area contributed by atoms with Crippen LogP contribution in [0.5, 0.6) is 0 Å². The van der Waals surface area contributed by atoms with E-state index in [4.69, 9.17) is 5.11 Å². The molecule has 7 heteroatoms. The van der Waals surface area contributed by atoms with E-state index < -0.39 is 12.0 Å². The molecule has 0 aliphatic rings. The van der Waals surface area contributed by atoms with Crippen LogP contribution >= 0.6 is 0 Å². The second-order valence-corrected chi connectivity index (χ2v) is 3.87. The lowest BCUT2D eigenvalue weighted by molar-refractivity contribution is 0.0692. The average Bonchev–Trinajstić information content (AvgIpc) is 2.46. The molecule has 0 saturated heterocycles. The highest BCUT2D eigenvalue weighted by atomic mass is 16.4. The number of amides is 2. The zero-order valence-electron chi connectivity index (χ0n) is 10.4. The number of anilines is 1.